The Hall–Kier alpha value is -1.13. The van der Waals surface area contributed by atoms with E-state index in [1.54, 1.807) is 12.1 Å². The second kappa shape index (κ2) is 5.10. The van der Waals surface area contributed by atoms with Crippen molar-refractivity contribution < 1.29 is 4.39 Å². The van der Waals surface area contributed by atoms with Crippen molar-refractivity contribution in [2.45, 2.75) is 31.6 Å². The van der Waals surface area contributed by atoms with E-state index < -0.39 is 5.82 Å². The highest BCUT2D eigenvalue weighted by molar-refractivity contribution is 7.16. The molecule has 1 aliphatic carbocycles. The van der Waals surface area contributed by atoms with Gasteiger partial charge in [-0.05, 0) is 25.0 Å². The fraction of sp³-hybridized carbons (Fsp3) is 0.357. The fourth-order valence-corrected chi connectivity index (χ4v) is 3.69. The van der Waals surface area contributed by atoms with Gasteiger partial charge in [-0.2, -0.15) is 0 Å². The van der Waals surface area contributed by atoms with E-state index >= 15 is 0 Å². The van der Waals surface area contributed by atoms with E-state index in [1.807, 2.05) is 0 Å². The average molecular weight is 297 g/mol. The van der Waals surface area contributed by atoms with Crippen LogP contribution in [0, 0.1) is 5.82 Å². The Morgan fingerprint density at radius 2 is 2.05 bits per heavy atom. The first kappa shape index (κ1) is 12.9. The molecule has 0 amide bonds. The third-order valence-electron chi connectivity index (χ3n) is 3.57. The van der Waals surface area contributed by atoms with Crippen molar-refractivity contribution in [1.29, 1.82) is 0 Å². The average Bonchev–Trinajstić information content (AvgIpc) is 3.01. The Kier molecular flexibility index (Phi) is 3.46. The molecule has 5 heteroatoms. The highest BCUT2D eigenvalue weighted by Crippen LogP contribution is 2.40. The third-order valence-corrected chi connectivity index (χ3v) is 4.92. The molecule has 0 saturated heterocycles. The normalized spacial score (nSPS) is 16.1. The second-order valence-corrected chi connectivity index (χ2v) is 6.34. The molecule has 100 valence electrons. The number of hydrogen-bond acceptors (Lipinski definition) is 3. The minimum Gasteiger partial charge on any atom is -0.389 e. The maximum atomic E-state index is 13.5. The third kappa shape index (κ3) is 2.47. The molecule has 0 aliphatic heterocycles. The zero-order valence-electron chi connectivity index (χ0n) is 10.3. The van der Waals surface area contributed by atoms with Crippen molar-refractivity contribution in [2.24, 2.45) is 0 Å². The van der Waals surface area contributed by atoms with Crippen molar-refractivity contribution >= 4 is 27.9 Å². The number of halogens is 2. The number of aromatic nitrogens is 1. The topological polar surface area (TPSA) is 38.9 Å². The summed E-state index contributed by atoms with van der Waals surface area (Å²) in [5, 5.41) is 1.86. The van der Waals surface area contributed by atoms with E-state index in [4.69, 9.17) is 17.3 Å². The van der Waals surface area contributed by atoms with Crippen molar-refractivity contribution in [3.8, 4) is 11.3 Å². The molecule has 3 rings (SSSR count). The zero-order valence-corrected chi connectivity index (χ0v) is 11.9. The number of benzene rings is 1. The van der Waals surface area contributed by atoms with Crippen LogP contribution in [0.15, 0.2) is 18.2 Å². The van der Waals surface area contributed by atoms with E-state index in [2.05, 4.69) is 4.98 Å². The molecule has 0 unspecified atom stereocenters. The van der Waals surface area contributed by atoms with Gasteiger partial charge in [0, 0.05) is 11.5 Å². The highest BCUT2D eigenvalue weighted by Gasteiger charge is 2.22. The molecule has 0 radical (unpaired) electrons. The Bertz CT molecular complexity index is 605. The van der Waals surface area contributed by atoms with Crippen molar-refractivity contribution in [3.05, 3.63) is 34.0 Å². The van der Waals surface area contributed by atoms with Gasteiger partial charge in [-0.15, -0.1) is 11.3 Å². The second-order valence-electron chi connectivity index (χ2n) is 4.88. The Balaban J connectivity index is 1.97. The van der Waals surface area contributed by atoms with Crippen LogP contribution >= 0.6 is 22.9 Å². The number of rotatable bonds is 2. The predicted molar refractivity (Wildman–Crippen MR) is 78.1 cm³/mol. The van der Waals surface area contributed by atoms with Crippen LogP contribution in [0.3, 0.4) is 0 Å². The molecule has 19 heavy (non-hydrogen) atoms. The summed E-state index contributed by atoms with van der Waals surface area (Å²) in [7, 11) is 0. The number of anilines is 1. The lowest BCUT2D eigenvalue weighted by atomic mass is 10.1. The number of nitrogen functional groups attached to an aromatic ring is 1. The molecule has 1 aromatic carbocycles. The molecule has 1 fully saturated rings. The summed E-state index contributed by atoms with van der Waals surface area (Å²) in [6, 6.07) is 4.70. The molecule has 1 heterocycles. The Morgan fingerprint density at radius 3 is 2.74 bits per heavy atom. The van der Waals surface area contributed by atoms with Gasteiger partial charge < -0.3 is 5.73 Å². The Morgan fingerprint density at radius 1 is 1.32 bits per heavy atom. The molecule has 0 bridgehead atoms. The molecule has 1 aromatic heterocycles. The molecule has 2 N–H and O–H groups in total. The van der Waals surface area contributed by atoms with Crippen LogP contribution in [0.25, 0.3) is 11.3 Å². The lowest BCUT2D eigenvalue weighted by Crippen LogP contribution is -1.91. The lowest BCUT2D eigenvalue weighted by Gasteiger charge is -2.03. The summed E-state index contributed by atoms with van der Waals surface area (Å²) in [6.45, 7) is 0. The highest BCUT2D eigenvalue weighted by atomic mass is 35.5. The van der Waals surface area contributed by atoms with Crippen LogP contribution in [0.5, 0.6) is 0 Å². The van der Waals surface area contributed by atoms with E-state index in [0.29, 0.717) is 22.2 Å². The van der Waals surface area contributed by atoms with E-state index in [0.717, 1.165) is 5.01 Å². The van der Waals surface area contributed by atoms with Gasteiger partial charge in [-0.3, -0.25) is 0 Å². The number of nitrogens with two attached hydrogens (primary N) is 1. The predicted octanol–water partition coefficient (Wildman–Crippen LogP) is 4.84. The van der Waals surface area contributed by atoms with Crippen molar-refractivity contribution in [1.82, 2.24) is 4.98 Å². The summed E-state index contributed by atoms with van der Waals surface area (Å²) in [6.07, 6.45) is 4.88. The Labute approximate surface area is 120 Å². The number of thiazole rings is 1. The van der Waals surface area contributed by atoms with Gasteiger partial charge >= 0.3 is 0 Å². The standard InChI is InChI=1S/C14H14ClFN2S/c15-10-6-5-9(7-11(10)16)12-13(17)19-14(18-12)8-3-1-2-4-8/h5-8H,1-4,17H2. The first-order chi connectivity index (χ1) is 9.15. The quantitative estimate of drug-likeness (QED) is 0.861. The SMILES string of the molecule is Nc1sc(C2CCCC2)nc1-c1ccc(Cl)c(F)c1. The lowest BCUT2D eigenvalue weighted by molar-refractivity contribution is 0.628. The first-order valence-corrected chi connectivity index (χ1v) is 7.56. The number of nitrogens with zero attached hydrogens (tertiary/aromatic N) is 1. The first-order valence-electron chi connectivity index (χ1n) is 6.37. The summed E-state index contributed by atoms with van der Waals surface area (Å²) in [5.74, 6) is 0.0900. The minimum atomic E-state index is -0.436. The zero-order chi connectivity index (χ0) is 13.4. The maximum absolute atomic E-state index is 13.5. The van der Waals surface area contributed by atoms with Gasteiger partial charge in [0.15, 0.2) is 0 Å². The fourth-order valence-electron chi connectivity index (χ4n) is 2.55. The van der Waals surface area contributed by atoms with Gasteiger partial charge in [0.1, 0.15) is 16.5 Å². The molecule has 2 aromatic rings. The van der Waals surface area contributed by atoms with Gasteiger partial charge in [-0.25, -0.2) is 9.37 Å². The van der Waals surface area contributed by atoms with Crippen molar-refractivity contribution in [3.63, 3.8) is 0 Å². The van der Waals surface area contributed by atoms with Crippen LogP contribution in [-0.2, 0) is 0 Å². The smallest absolute Gasteiger partial charge is 0.142 e. The summed E-state index contributed by atoms with van der Waals surface area (Å²) < 4.78 is 13.5. The summed E-state index contributed by atoms with van der Waals surface area (Å²) >= 11 is 7.22. The van der Waals surface area contributed by atoms with E-state index in [-0.39, 0.29) is 5.02 Å². The van der Waals surface area contributed by atoms with Gasteiger partial charge in [0.2, 0.25) is 0 Å². The van der Waals surface area contributed by atoms with E-state index in [1.165, 1.54) is 43.1 Å². The minimum absolute atomic E-state index is 0.119. The molecule has 2 nitrogen and oxygen atoms in total. The van der Waals surface area contributed by atoms with Crippen LogP contribution in [-0.4, -0.2) is 4.98 Å². The van der Waals surface area contributed by atoms with Gasteiger partial charge in [-0.1, -0.05) is 30.5 Å². The van der Waals surface area contributed by atoms with Gasteiger partial charge in [0.25, 0.3) is 0 Å². The largest absolute Gasteiger partial charge is 0.389 e. The molecule has 0 spiro atoms. The van der Waals surface area contributed by atoms with Gasteiger partial charge in [0.05, 0.1) is 10.0 Å². The van der Waals surface area contributed by atoms with Crippen LogP contribution in [0.1, 0.15) is 36.6 Å². The number of hydrogen-bond donors (Lipinski definition) is 1. The molecule has 0 atom stereocenters. The molecular weight excluding hydrogens is 283 g/mol. The van der Waals surface area contributed by atoms with Crippen LogP contribution in [0.2, 0.25) is 5.02 Å². The monoisotopic (exact) mass is 296 g/mol. The molecular formula is C14H14ClFN2S. The van der Waals surface area contributed by atoms with E-state index in [9.17, 15) is 4.39 Å². The maximum Gasteiger partial charge on any atom is 0.142 e. The summed E-state index contributed by atoms with van der Waals surface area (Å²) in [5.41, 5.74) is 7.41. The summed E-state index contributed by atoms with van der Waals surface area (Å²) in [4.78, 5) is 4.62. The van der Waals surface area contributed by atoms with Crippen LogP contribution in [0.4, 0.5) is 9.39 Å². The molecule has 1 aliphatic rings. The van der Waals surface area contributed by atoms with Crippen LogP contribution < -0.4 is 5.73 Å². The van der Waals surface area contributed by atoms with Crippen molar-refractivity contribution in [2.75, 3.05) is 5.73 Å². The molecule has 1 saturated carbocycles.